The third-order valence-corrected chi connectivity index (χ3v) is 3.28. The van der Waals surface area contributed by atoms with Crippen molar-refractivity contribution in [2.45, 2.75) is 12.8 Å². The first-order valence-corrected chi connectivity index (χ1v) is 6.22. The summed E-state index contributed by atoms with van der Waals surface area (Å²) in [5.74, 6) is 0. The predicted molar refractivity (Wildman–Crippen MR) is 67.1 cm³/mol. The van der Waals surface area contributed by atoms with Crippen molar-refractivity contribution in [2.24, 2.45) is 0 Å². The molecule has 0 radical (unpaired) electrons. The van der Waals surface area contributed by atoms with E-state index in [2.05, 4.69) is 0 Å². The van der Waals surface area contributed by atoms with Gasteiger partial charge in [-0.2, -0.15) is 13.2 Å². The molecule has 0 unspecified atom stereocenters. The van der Waals surface area contributed by atoms with Crippen molar-refractivity contribution in [1.29, 1.82) is 0 Å². The number of hydrogen-bond donors (Lipinski definition) is 1. The molecule has 0 aliphatic carbocycles. The van der Waals surface area contributed by atoms with Crippen molar-refractivity contribution in [2.75, 3.05) is 37.6 Å². The smallest absolute Gasteiger partial charge is 0.392 e. The monoisotopic (exact) mass is 274 g/mol. The number of hydrogen-bond acceptors (Lipinski definition) is 3. The molecule has 3 nitrogen and oxygen atoms in total. The number of alkyl halides is 3. The van der Waals surface area contributed by atoms with Crippen molar-refractivity contribution < 1.29 is 18.3 Å². The van der Waals surface area contributed by atoms with Crippen LogP contribution < -0.4 is 4.90 Å². The van der Waals surface area contributed by atoms with Gasteiger partial charge in [0.25, 0.3) is 0 Å². The highest BCUT2D eigenvalue weighted by atomic mass is 19.4. The summed E-state index contributed by atoms with van der Waals surface area (Å²) in [4.78, 5) is 3.44. The lowest BCUT2D eigenvalue weighted by atomic mass is 10.1. The second-order valence-corrected chi connectivity index (χ2v) is 4.67. The second-order valence-electron chi connectivity index (χ2n) is 4.67. The van der Waals surface area contributed by atoms with Gasteiger partial charge in [0.15, 0.2) is 0 Å². The molecule has 0 saturated carbocycles. The van der Waals surface area contributed by atoms with Gasteiger partial charge in [-0.3, -0.25) is 4.90 Å². The van der Waals surface area contributed by atoms with Crippen LogP contribution >= 0.6 is 0 Å². The molecule has 1 heterocycles. The summed E-state index contributed by atoms with van der Waals surface area (Å²) >= 11 is 0. The number of rotatable bonds is 3. The minimum atomic E-state index is -4.13. The van der Waals surface area contributed by atoms with Gasteiger partial charge in [0.05, 0.1) is 13.2 Å². The van der Waals surface area contributed by atoms with Crippen LogP contribution in [0.3, 0.4) is 0 Å². The van der Waals surface area contributed by atoms with Gasteiger partial charge >= 0.3 is 6.18 Å². The topological polar surface area (TPSA) is 26.7 Å². The summed E-state index contributed by atoms with van der Waals surface area (Å²) in [6.45, 7) is 0.972. The summed E-state index contributed by atoms with van der Waals surface area (Å²) in [5, 5.41) is 9.27. The molecule has 0 aromatic heterocycles. The van der Waals surface area contributed by atoms with Gasteiger partial charge in [-0.15, -0.1) is 0 Å². The lowest BCUT2D eigenvalue weighted by molar-refractivity contribution is -0.146. The van der Waals surface area contributed by atoms with Crippen LogP contribution in [0, 0.1) is 0 Å². The molecular formula is C13H17F3N2O. The molecule has 1 aromatic rings. The van der Waals surface area contributed by atoms with Gasteiger partial charge in [0.1, 0.15) is 0 Å². The van der Waals surface area contributed by atoms with E-state index >= 15 is 0 Å². The number of halogens is 3. The average molecular weight is 274 g/mol. The van der Waals surface area contributed by atoms with Crippen LogP contribution in [-0.4, -0.2) is 48.9 Å². The standard InChI is InChI=1S/C13H17F3N2O/c14-13(15,16)10-17-5-7-18(8-6-17)12-4-2-1-3-11(12)9-19/h1-4,19H,5-10H2. The van der Waals surface area contributed by atoms with E-state index in [9.17, 15) is 18.3 Å². The number of nitrogens with zero attached hydrogens (tertiary/aromatic N) is 2. The summed E-state index contributed by atoms with van der Waals surface area (Å²) in [5.41, 5.74) is 1.73. The Kier molecular flexibility index (Phi) is 4.31. The van der Waals surface area contributed by atoms with E-state index in [1.807, 2.05) is 29.2 Å². The van der Waals surface area contributed by atoms with E-state index in [1.165, 1.54) is 4.90 Å². The van der Waals surface area contributed by atoms with Gasteiger partial charge in [0.2, 0.25) is 0 Å². The molecule has 1 N–H and O–H groups in total. The Hall–Kier alpha value is -1.27. The zero-order valence-corrected chi connectivity index (χ0v) is 10.5. The van der Waals surface area contributed by atoms with Crippen LogP contribution in [-0.2, 0) is 6.61 Å². The fraction of sp³-hybridized carbons (Fsp3) is 0.538. The maximum Gasteiger partial charge on any atom is 0.401 e. The number of benzene rings is 1. The van der Waals surface area contributed by atoms with Gasteiger partial charge in [-0.25, -0.2) is 0 Å². The van der Waals surface area contributed by atoms with Crippen LogP contribution in [0.2, 0.25) is 0 Å². The minimum Gasteiger partial charge on any atom is -0.392 e. The molecule has 0 bridgehead atoms. The first kappa shape index (κ1) is 14.1. The quantitative estimate of drug-likeness (QED) is 0.911. The van der Waals surface area contributed by atoms with Crippen molar-refractivity contribution in [3.63, 3.8) is 0 Å². The lowest BCUT2D eigenvalue weighted by Crippen LogP contribution is -2.49. The highest BCUT2D eigenvalue weighted by molar-refractivity contribution is 5.53. The molecule has 0 amide bonds. The summed E-state index contributed by atoms with van der Waals surface area (Å²) in [6.07, 6.45) is -4.13. The number of para-hydroxylation sites is 1. The third kappa shape index (κ3) is 3.84. The first-order chi connectivity index (χ1) is 8.99. The van der Waals surface area contributed by atoms with E-state index in [4.69, 9.17) is 0 Å². The molecule has 106 valence electrons. The predicted octanol–water partition coefficient (Wildman–Crippen LogP) is 1.86. The molecular weight excluding hydrogens is 257 g/mol. The van der Waals surface area contributed by atoms with E-state index in [0.717, 1.165) is 11.3 Å². The van der Waals surface area contributed by atoms with Gasteiger partial charge in [-0.1, -0.05) is 18.2 Å². The van der Waals surface area contributed by atoms with E-state index in [0.29, 0.717) is 26.2 Å². The molecule has 2 rings (SSSR count). The average Bonchev–Trinajstić information content (AvgIpc) is 2.38. The van der Waals surface area contributed by atoms with Crippen molar-refractivity contribution in [1.82, 2.24) is 4.90 Å². The van der Waals surface area contributed by atoms with Gasteiger partial charge in [-0.05, 0) is 6.07 Å². The van der Waals surface area contributed by atoms with Crippen LogP contribution in [0.25, 0.3) is 0 Å². The van der Waals surface area contributed by atoms with Crippen molar-refractivity contribution >= 4 is 5.69 Å². The van der Waals surface area contributed by atoms with Crippen LogP contribution in [0.1, 0.15) is 5.56 Å². The molecule has 0 atom stereocenters. The zero-order valence-electron chi connectivity index (χ0n) is 10.5. The molecule has 1 aliphatic rings. The molecule has 1 aliphatic heterocycles. The van der Waals surface area contributed by atoms with Crippen LogP contribution in [0.5, 0.6) is 0 Å². The van der Waals surface area contributed by atoms with Crippen molar-refractivity contribution in [3.8, 4) is 0 Å². The Labute approximate surface area is 110 Å². The number of aliphatic hydroxyl groups excluding tert-OH is 1. The van der Waals surface area contributed by atoms with Gasteiger partial charge in [0, 0.05) is 37.4 Å². The maximum atomic E-state index is 12.3. The number of anilines is 1. The maximum absolute atomic E-state index is 12.3. The number of piperazine rings is 1. The van der Waals surface area contributed by atoms with E-state index < -0.39 is 12.7 Å². The van der Waals surface area contributed by atoms with Gasteiger partial charge < -0.3 is 10.0 Å². The third-order valence-electron chi connectivity index (χ3n) is 3.28. The Balaban J connectivity index is 1.96. The summed E-state index contributed by atoms with van der Waals surface area (Å²) in [7, 11) is 0. The van der Waals surface area contributed by atoms with Crippen molar-refractivity contribution in [3.05, 3.63) is 29.8 Å². The second kappa shape index (κ2) is 5.79. The summed E-state index contributed by atoms with van der Waals surface area (Å²) in [6, 6.07) is 7.44. The first-order valence-electron chi connectivity index (χ1n) is 6.22. The Bertz CT molecular complexity index is 415. The molecule has 1 saturated heterocycles. The van der Waals surface area contributed by atoms with E-state index in [-0.39, 0.29) is 6.61 Å². The van der Waals surface area contributed by atoms with Crippen LogP contribution in [0.15, 0.2) is 24.3 Å². The van der Waals surface area contributed by atoms with Crippen LogP contribution in [0.4, 0.5) is 18.9 Å². The Morgan fingerprint density at radius 2 is 1.68 bits per heavy atom. The summed E-state index contributed by atoms with van der Waals surface area (Å²) < 4.78 is 36.9. The highest BCUT2D eigenvalue weighted by Gasteiger charge is 2.32. The zero-order chi connectivity index (χ0) is 13.9. The molecule has 6 heteroatoms. The lowest BCUT2D eigenvalue weighted by Gasteiger charge is -2.37. The molecule has 1 aromatic carbocycles. The fourth-order valence-corrected chi connectivity index (χ4v) is 2.35. The Morgan fingerprint density at radius 3 is 2.26 bits per heavy atom. The molecule has 19 heavy (non-hydrogen) atoms. The largest absolute Gasteiger partial charge is 0.401 e. The van der Waals surface area contributed by atoms with E-state index in [1.54, 1.807) is 0 Å². The Morgan fingerprint density at radius 1 is 1.05 bits per heavy atom. The highest BCUT2D eigenvalue weighted by Crippen LogP contribution is 2.23. The number of aliphatic hydroxyl groups is 1. The fourth-order valence-electron chi connectivity index (χ4n) is 2.35. The SMILES string of the molecule is OCc1ccccc1N1CCN(CC(F)(F)F)CC1. The minimum absolute atomic E-state index is 0.0566. The normalized spacial score (nSPS) is 17.8. The molecule has 0 spiro atoms. The molecule has 1 fully saturated rings.